The summed E-state index contributed by atoms with van der Waals surface area (Å²) in [6.45, 7) is 2.54. The van der Waals surface area contributed by atoms with Gasteiger partial charge in [-0.05, 0) is 18.6 Å². The van der Waals surface area contributed by atoms with Gasteiger partial charge in [0.2, 0.25) is 5.91 Å². The number of carbonyl (C=O) groups excluding carboxylic acids is 1. The second-order valence-electron chi connectivity index (χ2n) is 5.11. The van der Waals surface area contributed by atoms with Crippen molar-refractivity contribution in [1.82, 2.24) is 9.88 Å². The first-order valence-corrected chi connectivity index (χ1v) is 7.52. The van der Waals surface area contributed by atoms with Crippen LogP contribution in [0.1, 0.15) is 16.3 Å². The lowest BCUT2D eigenvalue weighted by molar-refractivity contribution is -0.131. The first-order chi connectivity index (χ1) is 9.63. The maximum absolute atomic E-state index is 12.5. The van der Waals surface area contributed by atoms with Gasteiger partial charge >= 0.3 is 0 Å². The zero-order valence-corrected chi connectivity index (χ0v) is 12.4. The lowest BCUT2D eigenvalue weighted by Crippen LogP contribution is -2.39. The summed E-state index contributed by atoms with van der Waals surface area (Å²) in [6, 6.07) is 7.93. The molecule has 20 heavy (non-hydrogen) atoms. The van der Waals surface area contributed by atoms with E-state index in [-0.39, 0.29) is 11.9 Å². The van der Waals surface area contributed by atoms with Crippen molar-refractivity contribution in [2.24, 2.45) is 0 Å². The fraction of sp³-hybridized carbons (Fsp3) is 0.333. The third kappa shape index (κ3) is 2.54. The highest BCUT2D eigenvalue weighted by Crippen LogP contribution is 2.26. The van der Waals surface area contributed by atoms with Crippen LogP contribution in [0.15, 0.2) is 29.6 Å². The van der Waals surface area contributed by atoms with Crippen LogP contribution in [-0.2, 0) is 17.8 Å². The number of nitrogens with one attached hydrogen (secondary N) is 1. The lowest BCUT2D eigenvalue weighted by atomic mass is 10.1. The maximum atomic E-state index is 12.5. The molecule has 1 aliphatic rings. The van der Waals surface area contributed by atoms with E-state index >= 15 is 0 Å². The molecule has 0 unspecified atom stereocenters. The molecule has 1 atom stereocenters. The second kappa shape index (κ2) is 5.25. The molecule has 2 heterocycles. The van der Waals surface area contributed by atoms with E-state index in [2.05, 4.69) is 16.4 Å². The minimum absolute atomic E-state index is 0.117. The Morgan fingerprint density at radius 1 is 1.50 bits per heavy atom. The molecule has 0 fully saturated rings. The first-order valence-electron chi connectivity index (χ1n) is 6.64. The largest absolute Gasteiger partial charge is 0.373 e. The Hall–Kier alpha value is -1.88. The van der Waals surface area contributed by atoms with Crippen LogP contribution in [0.4, 0.5) is 5.69 Å². The minimum atomic E-state index is -0.155. The molecule has 0 bridgehead atoms. The molecule has 0 saturated carbocycles. The van der Waals surface area contributed by atoms with Gasteiger partial charge in [-0.1, -0.05) is 18.2 Å². The smallest absolute Gasteiger partial charge is 0.245 e. The molecule has 5 heteroatoms. The molecule has 3 rings (SSSR count). The number of amides is 1. The highest BCUT2D eigenvalue weighted by Gasteiger charge is 2.28. The molecule has 0 spiro atoms. The third-order valence-electron chi connectivity index (χ3n) is 3.51. The molecular formula is C15H17N3OS. The predicted molar refractivity (Wildman–Crippen MR) is 80.9 cm³/mol. The fourth-order valence-electron chi connectivity index (χ4n) is 2.51. The molecule has 1 amide bonds. The molecule has 1 aromatic heterocycles. The SMILES string of the molecule is Cc1nc(CN(C)C(=O)[C@@H]2Cc3ccccc3N2)cs1. The van der Waals surface area contributed by atoms with Crippen LogP contribution >= 0.6 is 11.3 Å². The quantitative estimate of drug-likeness (QED) is 0.943. The van der Waals surface area contributed by atoms with Crippen molar-refractivity contribution >= 4 is 22.9 Å². The van der Waals surface area contributed by atoms with Gasteiger partial charge in [-0.2, -0.15) is 0 Å². The van der Waals surface area contributed by atoms with Crippen molar-refractivity contribution in [2.45, 2.75) is 25.9 Å². The van der Waals surface area contributed by atoms with Gasteiger partial charge in [0.25, 0.3) is 0 Å². The standard InChI is InChI=1S/C15H17N3OS/c1-10-16-12(9-20-10)8-18(2)15(19)14-7-11-5-3-4-6-13(11)17-14/h3-6,9,14,17H,7-8H2,1-2H3/t14-/m0/s1. The van der Waals surface area contributed by atoms with Crippen LogP contribution in [0.25, 0.3) is 0 Å². The Labute approximate surface area is 122 Å². The number of benzene rings is 1. The zero-order chi connectivity index (χ0) is 14.1. The molecule has 1 N–H and O–H groups in total. The molecule has 2 aromatic rings. The van der Waals surface area contributed by atoms with Crippen LogP contribution in [0.3, 0.4) is 0 Å². The van der Waals surface area contributed by atoms with Gasteiger partial charge in [0.05, 0.1) is 17.2 Å². The monoisotopic (exact) mass is 287 g/mol. The topological polar surface area (TPSA) is 45.2 Å². The number of aryl methyl sites for hydroxylation is 1. The van der Waals surface area contributed by atoms with Gasteiger partial charge in [-0.25, -0.2) is 4.98 Å². The fourth-order valence-corrected chi connectivity index (χ4v) is 3.12. The van der Waals surface area contributed by atoms with Crippen LogP contribution in [0.2, 0.25) is 0 Å². The summed E-state index contributed by atoms with van der Waals surface area (Å²) in [5, 5.41) is 6.34. The number of fused-ring (bicyclic) bond motifs is 1. The van der Waals surface area contributed by atoms with Crippen LogP contribution in [0, 0.1) is 6.92 Å². The molecule has 0 aliphatic carbocycles. The molecular weight excluding hydrogens is 270 g/mol. The average molecular weight is 287 g/mol. The number of carbonyl (C=O) groups is 1. The normalized spacial score (nSPS) is 16.6. The number of aromatic nitrogens is 1. The third-order valence-corrected chi connectivity index (χ3v) is 4.33. The number of likely N-dealkylation sites (N-methyl/N-ethyl adjacent to an activating group) is 1. The Morgan fingerprint density at radius 2 is 2.30 bits per heavy atom. The van der Waals surface area contributed by atoms with E-state index < -0.39 is 0 Å². The van der Waals surface area contributed by atoms with Crippen LogP contribution in [-0.4, -0.2) is 28.9 Å². The van der Waals surface area contributed by atoms with Crippen LogP contribution in [0.5, 0.6) is 0 Å². The summed E-state index contributed by atoms with van der Waals surface area (Å²) < 4.78 is 0. The van der Waals surface area contributed by atoms with Crippen molar-refractivity contribution in [3.8, 4) is 0 Å². The highest BCUT2D eigenvalue weighted by atomic mass is 32.1. The zero-order valence-electron chi connectivity index (χ0n) is 11.6. The van der Waals surface area contributed by atoms with E-state index in [0.29, 0.717) is 6.54 Å². The Balaban J connectivity index is 1.65. The van der Waals surface area contributed by atoms with E-state index in [1.165, 1.54) is 5.56 Å². The second-order valence-corrected chi connectivity index (χ2v) is 6.17. The number of thiazole rings is 1. The molecule has 0 radical (unpaired) electrons. The number of anilines is 1. The number of hydrogen-bond donors (Lipinski definition) is 1. The van der Waals surface area contributed by atoms with Crippen molar-refractivity contribution in [2.75, 3.05) is 12.4 Å². The Bertz CT molecular complexity index is 613. The lowest BCUT2D eigenvalue weighted by Gasteiger charge is -2.20. The first kappa shape index (κ1) is 13.1. The van der Waals surface area contributed by atoms with E-state index in [0.717, 1.165) is 22.8 Å². The summed E-state index contributed by atoms with van der Waals surface area (Å²) in [5.41, 5.74) is 3.24. The predicted octanol–water partition coefficient (Wildman–Crippen LogP) is 2.45. The van der Waals surface area contributed by atoms with Gasteiger partial charge in [-0.3, -0.25) is 4.79 Å². The van der Waals surface area contributed by atoms with Crippen molar-refractivity contribution < 1.29 is 4.79 Å². The van der Waals surface area contributed by atoms with E-state index in [4.69, 9.17) is 0 Å². The van der Waals surface area contributed by atoms with Gasteiger partial charge in [0.1, 0.15) is 6.04 Å². The van der Waals surface area contributed by atoms with Crippen molar-refractivity contribution in [3.05, 3.63) is 45.9 Å². The molecule has 1 aromatic carbocycles. The van der Waals surface area contributed by atoms with E-state index in [9.17, 15) is 4.79 Å². The molecule has 0 saturated heterocycles. The van der Waals surface area contributed by atoms with E-state index in [1.807, 2.05) is 37.6 Å². The maximum Gasteiger partial charge on any atom is 0.245 e. The van der Waals surface area contributed by atoms with Crippen molar-refractivity contribution in [1.29, 1.82) is 0 Å². The van der Waals surface area contributed by atoms with Gasteiger partial charge in [0.15, 0.2) is 0 Å². The summed E-state index contributed by atoms with van der Waals surface area (Å²) in [7, 11) is 1.84. The van der Waals surface area contributed by atoms with Crippen LogP contribution < -0.4 is 5.32 Å². The highest BCUT2D eigenvalue weighted by molar-refractivity contribution is 7.09. The van der Waals surface area contributed by atoms with E-state index in [1.54, 1.807) is 16.2 Å². The average Bonchev–Trinajstić information content (AvgIpc) is 3.03. The number of rotatable bonds is 3. The summed E-state index contributed by atoms with van der Waals surface area (Å²) in [5.74, 6) is 0.117. The van der Waals surface area contributed by atoms with Gasteiger partial charge in [0, 0.05) is 24.5 Å². The molecule has 104 valence electrons. The Morgan fingerprint density at radius 3 is 3.00 bits per heavy atom. The van der Waals surface area contributed by atoms with Gasteiger partial charge < -0.3 is 10.2 Å². The number of para-hydroxylation sites is 1. The Kier molecular flexibility index (Phi) is 3.44. The van der Waals surface area contributed by atoms with Crippen molar-refractivity contribution in [3.63, 3.8) is 0 Å². The number of nitrogens with zero attached hydrogens (tertiary/aromatic N) is 2. The summed E-state index contributed by atoms with van der Waals surface area (Å²) >= 11 is 1.62. The molecule has 4 nitrogen and oxygen atoms in total. The summed E-state index contributed by atoms with van der Waals surface area (Å²) in [4.78, 5) is 18.6. The summed E-state index contributed by atoms with van der Waals surface area (Å²) in [6.07, 6.45) is 0.759. The van der Waals surface area contributed by atoms with Gasteiger partial charge in [-0.15, -0.1) is 11.3 Å². The number of hydrogen-bond acceptors (Lipinski definition) is 4. The molecule has 1 aliphatic heterocycles. The minimum Gasteiger partial charge on any atom is -0.373 e.